The Hall–Kier alpha value is -2.49. The highest BCUT2D eigenvalue weighted by Gasteiger charge is 2.27. The Morgan fingerprint density at radius 2 is 1.94 bits per heavy atom. The maximum atomic E-state index is 13.4. The molecule has 1 saturated heterocycles. The lowest BCUT2D eigenvalue weighted by Crippen LogP contribution is -2.43. The molecule has 1 unspecified atom stereocenters. The van der Waals surface area contributed by atoms with Crippen molar-refractivity contribution in [3.63, 3.8) is 0 Å². The van der Waals surface area contributed by atoms with Crippen LogP contribution in [0.15, 0.2) is 41.3 Å². The van der Waals surface area contributed by atoms with Crippen LogP contribution in [0, 0.1) is 0 Å². The first-order chi connectivity index (χ1) is 16.3. The van der Waals surface area contributed by atoms with E-state index < -0.39 is 10.0 Å². The van der Waals surface area contributed by atoms with Crippen molar-refractivity contribution < 1.29 is 22.7 Å². The van der Waals surface area contributed by atoms with Gasteiger partial charge in [0, 0.05) is 30.8 Å². The first-order valence-electron chi connectivity index (χ1n) is 11.4. The monoisotopic (exact) mass is 509 g/mol. The van der Waals surface area contributed by atoms with Crippen LogP contribution in [0.5, 0.6) is 11.5 Å². The number of halogens is 1. The van der Waals surface area contributed by atoms with Crippen LogP contribution in [0.25, 0.3) is 0 Å². The van der Waals surface area contributed by atoms with Crippen molar-refractivity contribution in [1.82, 2.24) is 10.2 Å². The molecule has 0 radical (unpaired) electrons. The summed E-state index contributed by atoms with van der Waals surface area (Å²) in [6.07, 6.45) is 3.87. The quantitative estimate of drug-likeness (QED) is 0.527. The molecule has 0 aliphatic carbocycles. The molecule has 0 aromatic heterocycles. The van der Waals surface area contributed by atoms with Gasteiger partial charge in [-0.15, -0.1) is 0 Å². The molecule has 2 N–H and O–H groups in total. The Kier molecular flexibility index (Phi) is 9.04. The van der Waals surface area contributed by atoms with Crippen molar-refractivity contribution >= 4 is 33.2 Å². The highest BCUT2D eigenvalue weighted by Crippen LogP contribution is 2.32. The molecule has 8 nitrogen and oxygen atoms in total. The summed E-state index contributed by atoms with van der Waals surface area (Å²) < 4.78 is 39.0. The van der Waals surface area contributed by atoms with Crippen LogP contribution in [0.2, 0.25) is 5.02 Å². The van der Waals surface area contributed by atoms with Gasteiger partial charge in [-0.3, -0.25) is 9.52 Å². The van der Waals surface area contributed by atoms with Crippen LogP contribution in [0.3, 0.4) is 0 Å². The second kappa shape index (κ2) is 11.8. The molecular weight excluding hydrogens is 478 g/mol. The van der Waals surface area contributed by atoms with Gasteiger partial charge in [-0.05, 0) is 49.7 Å². The number of ether oxygens (including phenoxy) is 2. The van der Waals surface area contributed by atoms with Crippen LogP contribution >= 0.6 is 11.6 Å². The van der Waals surface area contributed by atoms with E-state index in [1.807, 2.05) is 4.90 Å². The molecule has 2 aromatic carbocycles. The number of sulfonamides is 1. The van der Waals surface area contributed by atoms with E-state index in [-0.39, 0.29) is 33.3 Å². The summed E-state index contributed by atoms with van der Waals surface area (Å²) in [4.78, 5) is 15.3. The summed E-state index contributed by atoms with van der Waals surface area (Å²) in [6.45, 7) is 4.39. The molecule has 3 rings (SSSR count). The molecule has 1 atom stereocenters. The normalized spacial score (nSPS) is 16.6. The summed E-state index contributed by atoms with van der Waals surface area (Å²) >= 11 is 6.30. The Morgan fingerprint density at radius 3 is 2.65 bits per heavy atom. The van der Waals surface area contributed by atoms with Crippen LogP contribution < -0.4 is 19.5 Å². The topological polar surface area (TPSA) is 97.0 Å². The van der Waals surface area contributed by atoms with Gasteiger partial charge in [0.2, 0.25) is 0 Å². The lowest BCUT2D eigenvalue weighted by Gasteiger charge is -2.30. The van der Waals surface area contributed by atoms with Gasteiger partial charge in [-0.2, -0.15) is 0 Å². The number of unbranched alkanes of at least 4 members (excludes halogenated alkanes) is 1. The van der Waals surface area contributed by atoms with Gasteiger partial charge in [0.25, 0.3) is 15.9 Å². The standard InChI is InChI=1S/C24H32ClN3O5S/c1-4-5-7-18-16-26-12-6-13-28(18)24(29)17-8-10-20(25)21(14-17)27-34(30,31)19-9-11-22(32-2)23(15-19)33-3/h8-11,14-15,18,26-27H,4-7,12-13,16H2,1-3H3. The van der Waals surface area contributed by atoms with Crippen molar-refractivity contribution in [2.75, 3.05) is 38.6 Å². The lowest BCUT2D eigenvalue weighted by molar-refractivity contribution is 0.0682. The van der Waals surface area contributed by atoms with Gasteiger partial charge in [0.1, 0.15) is 0 Å². The molecule has 1 amide bonds. The molecule has 0 spiro atoms. The number of anilines is 1. The van der Waals surface area contributed by atoms with Crippen molar-refractivity contribution in [3.05, 3.63) is 47.0 Å². The molecule has 1 aliphatic rings. The van der Waals surface area contributed by atoms with Gasteiger partial charge in [0.15, 0.2) is 11.5 Å². The highest BCUT2D eigenvalue weighted by atomic mass is 35.5. The average Bonchev–Trinajstić information content (AvgIpc) is 3.08. The maximum absolute atomic E-state index is 13.4. The Labute approximate surface area is 206 Å². The Morgan fingerprint density at radius 1 is 1.18 bits per heavy atom. The number of hydrogen-bond acceptors (Lipinski definition) is 6. The van der Waals surface area contributed by atoms with E-state index in [9.17, 15) is 13.2 Å². The van der Waals surface area contributed by atoms with Crippen LogP contribution in [-0.4, -0.2) is 59.1 Å². The zero-order chi connectivity index (χ0) is 24.7. The number of nitrogens with one attached hydrogen (secondary N) is 2. The molecular formula is C24H32ClN3O5S. The fourth-order valence-electron chi connectivity index (χ4n) is 3.99. The molecule has 0 saturated carbocycles. The Bertz CT molecular complexity index is 1110. The largest absolute Gasteiger partial charge is 0.493 e. The van der Waals surface area contributed by atoms with Crippen molar-refractivity contribution in [2.45, 2.75) is 43.5 Å². The van der Waals surface area contributed by atoms with Gasteiger partial charge in [0.05, 0.1) is 29.8 Å². The molecule has 0 bridgehead atoms. The molecule has 1 heterocycles. The van der Waals surface area contributed by atoms with Crippen molar-refractivity contribution in [1.29, 1.82) is 0 Å². The fraction of sp³-hybridized carbons (Fsp3) is 0.458. The van der Waals surface area contributed by atoms with E-state index in [1.54, 1.807) is 12.1 Å². The number of rotatable bonds is 9. The highest BCUT2D eigenvalue weighted by molar-refractivity contribution is 7.92. The maximum Gasteiger partial charge on any atom is 0.262 e. The number of methoxy groups -OCH3 is 2. The predicted octanol–water partition coefficient (Wildman–Crippen LogP) is 4.15. The molecule has 2 aromatic rings. The van der Waals surface area contributed by atoms with E-state index in [0.717, 1.165) is 38.8 Å². The third kappa shape index (κ3) is 6.14. The van der Waals surface area contributed by atoms with E-state index in [4.69, 9.17) is 21.1 Å². The minimum Gasteiger partial charge on any atom is -0.493 e. The summed E-state index contributed by atoms with van der Waals surface area (Å²) in [5.41, 5.74) is 0.526. The SMILES string of the molecule is CCCCC1CNCCCN1C(=O)c1ccc(Cl)c(NS(=O)(=O)c2ccc(OC)c(OC)c2)c1. The Balaban J connectivity index is 1.87. The van der Waals surface area contributed by atoms with Crippen molar-refractivity contribution in [3.8, 4) is 11.5 Å². The number of amides is 1. The number of carbonyl (C=O) groups excluding carboxylic acids is 1. The smallest absolute Gasteiger partial charge is 0.262 e. The third-order valence-corrected chi connectivity index (χ3v) is 7.54. The van der Waals surface area contributed by atoms with Crippen molar-refractivity contribution in [2.24, 2.45) is 0 Å². The third-order valence-electron chi connectivity index (χ3n) is 5.85. The number of nitrogens with zero attached hydrogens (tertiary/aromatic N) is 1. The first kappa shape index (κ1) is 26.1. The molecule has 1 fully saturated rings. The zero-order valence-electron chi connectivity index (χ0n) is 19.8. The molecule has 10 heteroatoms. The first-order valence-corrected chi connectivity index (χ1v) is 13.2. The predicted molar refractivity (Wildman–Crippen MR) is 134 cm³/mol. The summed E-state index contributed by atoms with van der Waals surface area (Å²) in [5, 5.41) is 3.60. The lowest BCUT2D eigenvalue weighted by atomic mass is 10.1. The summed E-state index contributed by atoms with van der Waals surface area (Å²) in [5.74, 6) is 0.568. The summed E-state index contributed by atoms with van der Waals surface area (Å²) in [6, 6.07) is 9.06. The van der Waals surface area contributed by atoms with Gasteiger partial charge >= 0.3 is 0 Å². The second-order valence-electron chi connectivity index (χ2n) is 8.17. The fourth-order valence-corrected chi connectivity index (χ4v) is 5.30. The van der Waals surface area contributed by atoms with E-state index in [2.05, 4.69) is 17.0 Å². The van der Waals surface area contributed by atoms with Gasteiger partial charge < -0.3 is 19.7 Å². The van der Waals surface area contributed by atoms with E-state index in [1.165, 1.54) is 38.5 Å². The number of carbonyl (C=O) groups is 1. The number of benzene rings is 2. The average molecular weight is 510 g/mol. The van der Waals surface area contributed by atoms with Gasteiger partial charge in [-0.1, -0.05) is 31.4 Å². The summed E-state index contributed by atoms with van der Waals surface area (Å²) in [7, 11) is -1.09. The van der Waals surface area contributed by atoms with Gasteiger partial charge in [-0.25, -0.2) is 8.42 Å². The molecule has 34 heavy (non-hydrogen) atoms. The van der Waals surface area contributed by atoms with Crippen LogP contribution in [-0.2, 0) is 10.0 Å². The molecule has 1 aliphatic heterocycles. The van der Waals surface area contributed by atoms with E-state index in [0.29, 0.717) is 17.9 Å². The number of hydrogen-bond donors (Lipinski definition) is 2. The minimum atomic E-state index is -3.99. The van der Waals surface area contributed by atoms with Crippen LogP contribution in [0.1, 0.15) is 43.0 Å². The molecule has 186 valence electrons. The zero-order valence-corrected chi connectivity index (χ0v) is 21.3. The second-order valence-corrected chi connectivity index (χ2v) is 10.3. The van der Waals surface area contributed by atoms with Crippen LogP contribution in [0.4, 0.5) is 5.69 Å². The minimum absolute atomic E-state index is 0.0174. The van der Waals surface area contributed by atoms with E-state index >= 15 is 0 Å².